The SMILES string of the molecule is C#CCn1c(=NC(=O)c2cc(C)n(CC)n2)sc2cc(SC)ccc21. The van der Waals surface area contributed by atoms with Crippen molar-refractivity contribution in [1.29, 1.82) is 0 Å². The quantitative estimate of drug-likeness (QED) is 0.523. The largest absolute Gasteiger partial charge is 0.305 e. The number of fused-ring (bicyclic) bond motifs is 1. The molecular weight excluding hydrogens is 352 g/mol. The highest BCUT2D eigenvalue weighted by Gasteiger charge is 2.13. The van der Waals surface area contributed by atoms with Crippen molar-refractivity contribution in [3.63, 3.8) is 0 Å². The maximum atomic E-state index is 12.5. The number of thioether (sulfide) groups is 1. The van der Waals surface area contributed by atoms with Gasteiger partial charge in [0.1, 0.15) is 0 Å². The Bertz CT molecular complexity index is 1050. The maximum absolute atomic E-state index is 12.5. The molecule has 0 fully saturated rings. The van der Waals surface area contributed by atoms with Gasteiger partial charge in [0.15, 0.2) is 10.5 Å². The topological polar surface area (TPSA) is 52.2 Å². The van der Waals surface area contributed by atoms with Crippen LogP contribution in [0.15, 0.2) is 34.2 Å². The van der Waals surface area contributed by atoms with Gasteiger partial charge in [0.2, 0.25) is 0 Å². The highest BCUT2D eigenvalue weighted by Crippen LogP contribution is 2.24. The summed E-state index contributed by atoms with van der Waals surface area (Å²) in [6.07, 6.45) is 7.54. The molecule has 0 atom stereocenters. The highest BCUT2D eigenvalue weighted by atomic mass is 32.2. The van der Waals surface area contributed by atoms with E-state index < -0.39 is 0 Å². The summed E-state index contributed by atoms with van der Waals surface area (Å²) in [4.78, 5) is 18.6. The number of thiazole rings is 1. The van der Waals surface area contributed by atoms with Crippen molar-refractivity contribution in [3.8, 4) is 12.3 Å². The second kappa shape index (κ2) is 7.30. The van der Waals surface area contributed by atoms with E-state index in [-0.39, 0.29) is 5.91 Å². The number of aromatic nitrogens is 3. The van der Waals surface area contributed by atoms with Gasteiger partial charge in [-0.25, -0.2) is 0 Å². The lowest BCUT2D eigenvalue weighted by Crippen LogP contribution is -2.16. The molecule has 128 valence electrons. The number of hydrogen-bond donors (Lipinski definition) is 0. The first kappa shape index (κ1) is 17.5. The van der Waals surface area contributed by atoms with Crippen molar-refractivity contribution in [3.05, 3.63) is 40.5 Å². The molecule has 0 saturated heterocycles. The zero-order valence-electron chi connectivity index (χ0n) is 14.3. The monoisotopic (exact) mass is 370 g/mol. The van der Waals surface area contributed by atoms with Crippen LogP contribution in [0.3, 0.4) is 0 Å². The summed E-state index contributed by atoms with van der Waals surface area (Å²) in [5.74, 6) is 2.29. The Morgan fingerprint density at radius 1 is 1.44 bits per heavy atom. The fourth-order valence-corrected chi connectivity index (χ4v) is 4.17. The van der Waals surface area contributed by atoms with Crippen LogP contribution < -0.4 is 4.80 Å². The third-order valence-electron chi connectivity index (χ3n) is 3.84. The molecule has 3 rings (SSSR count). The number of terminal acetylenes is 1. The van der Waals surface area contributed by atoms with Crippen molar-refractivity contribution in [2.45, 2.75) is 31.8 Å². The first-order valence-electron chi connectivity index (χ1n) is 7.81. The zero-order valence-corrected chi connectivity index (χ0v) is 15.9. The van der Waals surface area contributed by atoms with E-state index in [0.29, 0.717) is 17.0 Å². The van der Waals surface area contributed by atoms with Crippen LogP contribution in [0, 0.1) is 19.3 Å². The number of carbonyl (C=O) groups is 1. The van der Waals surface area contributed by atoms with Crippen LogP contribution in [-0.4, -0.2) is 26.5 Å². The molecule has 5 nitrogen and oxygen atoms in total. The van der Waals surface area contributed by atoms with Gasteiger partial charge in [-0.05, 0) is 44.4 Å². The van der Waals surface area contributed by atoms with Gasteiger partial charge >= 0.3 is 0 Å². The fourth-order valence-electron chi connectivity index (χ4n) is 2.59. The molecule has 3 aromatic rings. The van der Waals surface area contributed by atoms with Crippen molar-refractivity contribution in [2.24, 2.45) is 4.99 Å². The number of rotatable bonds is 4. The lowest BCUT2D eigenvalue weighted by Gasteiger charge is -2.00. The van der Waals surface area contributed by atoms with Crippen molar-refractivity contribution >= 4 is 39.2 Å². The lowest BCUT2D eigenvalue weighted by molar-refractivity contribution is 0.0992. The van der Waals surface area contributed by atoms with Crippen molar-refractivity contribution in [2.75, 3.05) is 6.26 Å². The molecule has 2 heterocycles. The molecule has 1 aromatic carbocycles. The lowest BCUT2D eigenvalue weighted by atomic mass is 10.3. The maximum Gasteiger partial charge on any atom is 0.300 e. The van der Waals surface area contributed by atoms with Gasteiger partial charge in [0, 0.05) is 17.1 Å². The van der Waals surface area contributed by atoms with Crippen LogP contribution in [0.25, 0.3) is 10.2 Å². The predicted molar refractivity (Wildman–Crippen MR) is 103 cm³/mol. The molecule has 0 aliphatic carbocycles. The van der Waals surface area contributed by atoms with E-state index in [9.17, 15) is 4.79 Å². The second-order valence-electron chi connectivity index (χ2n) is 5.41. The number of hydrogen-bond acceptors (Lipinski definition) is 4. The summed E-state index contributed by atoms with van der Waals surface area (Å²) in [5, 5.41) is 4.31. The van der Waals surface area contributed by atoms with Gasteiger partial charge < -0.3 is 4.57 Å². The van der Waals surface area contributed by atoms with Gasteiger partial charge in [-0.1, -0.05) is 17.3 Å². The van der Waals surface area contributed by atoms with E-state index in [2.05, 4.69) is 22.1 Å². The van der Waals surface area contributed by atoms with E-state index in [0.717, 1.165) is 27.4 Å². The average molecular weight is 371 g/mol. The van der Waals surface area contributed by atoms with Gasteiger partial charge in [-0.15, -0.1) is 18.2 Å². The molecule has 0 aliphatic heterocycles. The van der Waals surface area contributed by atoms with Crippen molar-refractivity contribution in [1.82, 2.24) is 14.3 Å². The minimum absolute atomic E-state index is 0.349. The third-order valence-corrected chi connectivity index (χ3v) is 5.60. The first-order chi connectivity index (χ1) is 12.1. The number of nitrogens with zero attached hydrogens (tertiary/aromatic N) is 4. The standard InChI is InChI=1S/C18H18N4OS2/c1-5-9-21-15-8-7-13(24-4)11-16(15)25-18(21)19-17(23)14-10-12(3)22(6-2)20-14/h1,7-8,10-11H,6,9H2,2-4H3. The fraction of sp³-hybridized carbons (Fsp3) is 0.278. The summed E-state index contributed by atoms with van der Waals surface area (Å²) in [7, 11) is 0. The van der Waals surface area contributed by atoms with Gasteiger partial charge in [0.05, 0.1) is 16.8 Å². The summed E-state index contributed by atoms with van der Waals surface area (Å²) in [5.41, 5.74) is 2.29. The van der Waals surface area contributed by atoms with Crippen LogP contribution >= 0.6 is 23.1 Å². The minimum Gasteiger partial charge on any atom is -0.305 e. The van der Waals surface area contributed by atoms with Crippen LogP contribution in [0.2, 0.25) is 0 Å². The summed E-state index contributed by atoms with van der Waals surface area (Å²) < 4.78 is 4.74. The average Bonchev–Trinajstić information content (AvgIpc) is 3.15. The number of amides is 1. The predicted octanol–water partition coefficient (Wildman–Crippen LogP) is 3.32. The normalized spacial score (nSPS) is 11.8. The number of carbonyl (C=O) groups excluding carboxylic acids is 1. The molecule has 25 heavy (non-hydrogen) atoms. The van der Waals surface area contributed by atoms with E-state index >= 15 is 0 Å². The van der Waals surface area contributed by atoms with Gasteiger partial charge in [0.25, 0.3) is 5.91 Å². The Morgan fingerprint density at radius 2 is 2.24 bits per heavy atom. The van der Waals surface area contributed by atoms with Crippen molar-refractivity contribution < 1.29 is 4.79 Å². The smallest absolute Gasteiger partial charge is 0.300 e. The summed E-state index contributed by atoms with van der Waals surface area (Å²) >= 11 is 3.14. The third kappa shape index (κ3) is 3.41. The van der Waals surface area contributed by atoms with Crippen LogP contribution in [0.4, 0.5) is 0 Å². The molecule has 0 aliphatic rings. The molecule has 1 amide bonds. The van der Waals surface area contributed by atoms with E-state index in [1.165, 1.54) is 11.3 Å². The zero-order chi connectivity index (χ0) is 18.0. The molecule has 7 heteroatoms. The Morgan fingerprint density at radius 3 is 2.88 bits per heavy atom. The summed E-state index contributed by atoms with van der Waals surface area (Å²) in [6, 6.07) is 7.93. The van der Waals surface area contributed by atoms with E-state index in [4.69, 9.17) is 6.42 Å². The first-order valence-corrected chi connectivity index (χ1v) is 9.85. The summed E-state index contributed by atoms with van der Waals surface area (Å²) in [6.45, 7) is 5.00. The molecular formula is C18H18N4OS2. The Labute approximate surface area is 154 Å². The van der Waals surface area contributed by atoms with Gasteiger partial charge in [-0.3, -0.25) is 9.48 Å². The van der Waals surface area contributed by atoms with E-state index in [1.54, 1.807) is 22.5 Å². The molecule has 0 unspecified atom stereocenters. The Kier molecular flexibility index (Phi) is 5.11. The molecule has 0 saturated carbocycles. The number of benzene rings is 1. The number of aryl methyl sites for hydroxylation is 2. The molecule has 0 spiro atoms. The molecule has 2 aromatic heterocycles. The Balaban J connectivity index is 2.12. The molecule has 0 N–H and O–H groups in total. The van der Waals surface area contributed by atoms with Gasteiger partial charge in [-0.2, -0.15) is 10.1 Å². The second-order valence-corrected chi connectivity index (χ2v) is 7.30. The molecule has 0 bridgehead atoms. The van der Waals surface area contributed by atoms with Crippen LogP contribution in [0.1, 0.15) is 23.1 Å². The highest BCUT2D eigenvalue weighted by molar-refractivity contribution is 7.98. The minimum atomic E-state index is -0.349. The van der Waals surface area contributed by atoms with Crippen LogP contribution in [0.5, 0.6) is 0 Å². The Hall–Kier alpha value is -2.30. The van der Waals surface area contributed by atoms with Crippen LogP contribution in [-0.2, 0) is 13.1 Å². The van der Waals surface area contributed by atoms with E-state index in [1.807, 2.05) is 36.8 Å². The molecule has 0 radical (unpaired) electrons.